The Bertz CT molecular complexity index is 928. The highest BCUT2D eigenvalue weighted by atomic mass is 16.2. The van der Waals surface area contributed by atoms with Gasteiger partial charge in [-0.15, -0.1) is 0 Å². The van der Waals surface area contributed by atoms with Gasteiger partial charge in [0, 0.05) is 38.0 Å². The molecule has 1 fully saturated rings. The van der Waals surface area contributed by atoms with Crippen LogP contribution in [0.25, 0.3) is 0 Å². The second kappa shape index (κ2) is 7.32. The van der Waals surface area contributed by atoms with E-state index in [9.17, 15) is 9.59 Å². The summed E-state index contributed by atoms with van der Waals surface area (Å²) in [5, 5.41) is 0. The largest absolute Gasteiger partial charge is 0.347 e. The number of imidazole rings is 1. The first-order valence-electron chi connectivity index (χ1n) is 10.8. The van der Waals surface area contributed by atoms with Gasteiger partial charge < -0.3 is 14.8 Å². The van der Waals surface area contributed by atoms with Gasteiger partial charge in [0.15, 0.2) is 0 Å². The van der Waals surface area contributed by atoms with E-state index in [1.807, 2.05) is 34.1 Å². The average Bonchev–Trinajstić information content (AvgIpc) is 3.33. The molecule has 3 heterocycles. The molecule has 152 valence electrons. The molecule has 3 aliphatic rings. The number of aromatic nitrogens is 2. The summed E-state index contributed by atoms with van der Waals surface area (Å²) in [4.78, 5) is 37.7. The molecule has 0 unspecified atom stereocenters. The van der Waals surface area contributed by atoms with Crippen LogP contribution in [0.3, 0.4) is 0 Å². The van der Waals surface area contributed by atoms with Crippen molar-refractivity contribution in [3.05, 3.63) is 53.1 Å². The zero-order chi connectivity index (χ0) is 19.8. The number of fused-ring (bicyclic) bond motifs is 2. The van der Waals surface area contributed by atoms with Crippen molar-refractivity contribution < 1.29 is 9.59 Å². The van der Waals surface area contributed by atoms with Gasteiger partial charge in [0.2, 0.25) is 5.91 Å². The average molecular weight is 393 g/mol. The molecule has 6 nitrogen and oxygen atoms in total. The number of carbonyl (C=O) groups is 2. The Balaban J connectivity index is 1.31. The molecule has 2 aromatic rings. The normalized spacial score (nSPS) is 20.5. The number of amides is 2. The summed E-state index contributed by atoms with van der Waals surface area (Å²) in [7, 11) is 0. The Kier molecular flexibility index (Phi) is 4.64. The molecule has 0 radical (unpaired) electrons. The third kappa shape index (κ3) is 3.45. The molecule has 0 bridgehead atoms. The molecule has 2 aliphatic heterocycles. The fraction of sp³-hybridized carbons (Fsp3) is 0.522. The summed E-state index contributed by atoms with van der Waals surface area (Å²) in [6.07, 6.45) is 8.65. The van der Waals surface area contributed by atoms with Crippen LogP contribution < -0.4 is 0 Å². The number of aromatic amines is 1. The Labute approximate surface area is 171 Å². The molecular formula is C23H28N4O2. The summed E-state index contributed by atoms with van der Waals surface area (Å²) in [5.74, 6) is 0.342. The van der Waals surface area contributed by atoms with Crippen molar-refractivity contribution in [2.45, 2.75) is 58.0 Å². The van der Waals surface area contributed by atoms with Crippen LogP contribution in [0, 0.1) is 5.41 Å². The van der Waals surface area contributed by atoms with Crippen LogP contribution in [0.15, 0.2) is 30.6 Å². The Hall–Kier alpha value is -2.63. The second-order valence-corrected chi connectivity index (χ2v) is 8.95. The molecule has 1 N–H and O–H groups in total. The minimum absolute atomic E-state index is 0.0959. The summed E-state index contributed by atoms with van der Waals surface area (Å²) in [6, 6.07) is 7.89. The number of nitrogens with one attached hydrogen (secondary N) is 1. The van der Waals surface area contributed by atoms with Crippen molar-refractivity contribution in [2.24, 2.45) is 5.41 Å². The zero-order valence-electron chi connectivity index (χ0n) is 16.8. The first-order valence-corrected chi connectivity index (χ1v) is 10.8. The van der Waals surface area contributed by atoms with Crippen LogP contribution >= 0.6 is 0 Å². The monoisotopic (exact) mass is 392 g/mol. The maximum absolute atomic E-state index is 13.3. The standard InChI is InChI=1S/C23H28N4O2/c28-21(26-11-8-19-20(14-26)25-16-24-19)12-23(9-4-1-5-10-23)15-27-13-17-6-2-3-7-18(17)22(27)29/h2-3,6-7,16H,1,4-5,8-15H2,(H,24,25). The lowest BCUT2D eigenvalue weighted by Gasteiger charge is -2.41. The summed E-state index contributed by atoms with van der Waals surface area (Å²) in [6.45, 7) is 2.72. The molecule has 1 aromatic heterocycles. The summed E-state index contributed by atoms with van der Waals surface area (Å²) < 4.78 is 0. The Morgan fingerprint density at radius 3 is 2.79 bits per heavy atom. The number of benzene rings is 1. The molecule has 29 heavy (non-hydrogen) atoms. The van der Waals surface area contributed by atoms with Crippen molar-refractivity contribution in [3.8, 4) is 0 Å². The quantitative estimate of drug-likeness (QED) is 0.868. The van der Waals surface area contributed by atoms with Gasteiger partial charge in [-0.05, 0) is 29.9 Å². The highest BCUT2D eigenvalue weighted by Gasteiger charge is 2.40. The molecule has 1 aliphatic carbocycles. The SMILES string of the molecule is O=C(CC1(CN2Cc3ccccc3C2=O)CCCCC1)N1CCc2nc[nH]c2C1. The van der Waals surface area contributed by atoms with E-state index in [0.29, 0.717) is 26.1 Å². The third-order valence-corrected chi connectivity index (χ3v) is 6.99. The van der Waals surface area contributed by atoms with E-state index in [0.717, 1.165) is 61.2 Å². The first-order chi connectivity index (χ1) is 14.1. The molecule has 2 amide bonds. The van der Waals surface area contributed by atoms with Gasteiger partial charge in [0.05, 0.1) is 24.3 Å². The molecule has 1 saturated carbocycles. The lowest BCUT2D eigenvalue weighted by molar-refractivity contribution is -0.135. The van der Waals surface area contributed by atoms with E-state index in [2.05, 4.69) is 9.97 Å². The number of hydrogen-bond donors (Lipinski definition) is 1. The highest BCUT2D eigenvalue weighted by Crippen LogP contribution is 2.42. The van der Waals surface area contributed by atoms with Crippen molar-refractivity contribution in [1.29, 1.82) is 0 Å². The predicted octanol–water partition coefficient (Wildman–Crippen LogP) is 3.29. The number of hydrogen-bond acceptors (Lipinski definition) is 3. The summed E-state index contributed by atoms with van der Waals surface area (Å²) >= 11 is 0. The molecule has 0 spiro atoms. The summed E-state index contributed by atoms with van der Waals surface area (Å²) in [5.41, 5.74) is 3.99. The zero-order valence-corrected chi connectivity index (χ0v) is 16.8. The fourth-order valence-corrected chi connectivity index (χ4v) is 5.40. The van der Waals surface area contributed by atoms with Gasteiger partial charge in [-0.2, -0.15) is 0 Å². The topological polar surface area (TPSA) is 69.3 Å². The number of nitrogens with zero attached hydrogens (tertiary/aromatic N) is 3. The lowest BCUT2D eigenvalue weighted by Crippen LogP contribution is -2.44. The van der Waals surface area contributed by atoms with Crippen LogP contribution in [0.2, 0.25) is 0 Å². The van der Waals surface area contributed by atoms with E-state index in [1.165, 1.54) is 6.42 Å². The molecule has 1 aromatic carbocycles. The van der Waals surface area contributed by atoms with Gasteiger partial charge in [-0.1, -0.05) is 37.5 Å². The maximum atomic E-state index is 13.3. The molecule has 0 saturated heterocycles. The van der Waals surface area contributed by atoms with Crippen molar-refractivity contribution in [3.63, 3.8) is 0 Å². The van der Waals surface area contributed by atoms with Crippen LogP contribution in [0.4, 0.5) is 0 Å². The first kappa shape index (κ1) is 18.4. The predicted molar refractivity (Wildman–Crippen MR) is 109 cm³/mol. The minimum Gasteiger partial charge on any atom is -0.347 e. The van der Waals surface area contributed by atoms with E-state index >= 15 is 0 Å². The number of carbonyl (C=O) groups excluding carboxylic acids is 2. The molecular weight excluding hydrogens is 364 g/mol. The van der Waals surface area contributed by atoms with Gasteiger partial charge in [-0.3, -0.25) is 9.59 Å². The van der Waals surface area contributed by atoms with Crippen molar-refractivity contribution in [2.75, 3.05) is 13.1 Å². The molecule has 5 rings (SSSR count). The minimum atomic E-state index is -0.0959. The van der Waals surface area contributed by atoms with Gasteiger partial charge in [0.1, 0.15) is 0 Å². The Morgan fingerprint density at radius 1 is 1.14 bits per heavy atom. The van der Waals surface area contributed by atoms with Crippen LogP contribution in [0.5, 0.6) is 0 Å². The van der Waals surface area contributed by atoms with E-state index in [1.54, 1.807) is 6.33 Å². The van der Waals surface area contributed by atoms with Crippen molar-refractivity contribution >= 4 is 11.8 Å². The lowest BCUT2D eigenvalue weighted by atomic mass is 9.71. The number of H-pyrrole nitrogens is 1. The highest BCUT2D eigenvalue weighted by molar-refractivity contribution is 5.98. The Morgan fingerprint density at radius 2 is 1.97 bits per heavy atom. The van der Waals surface area contributed by atoms with E-state index in [4.69, 9.17) is 0 Å². The van der Waals surface area contributed by atoms with E-state index < -0.39 is 0 Å². The van der Waals surface area contributed by atoms with Gasteiger partial charge >= 0.3 is 0 Å². The van der Waals surface area contributed by atoms with E-state index in [-0.39, 0.29) is 17.2 Å². The van der Waals surface area contributed by atoms with Gasteiger partial charge in [0.25, 0.3) is 5.91 Å². The van der Waals surface area contributed by atoms with Crippen LogP contribution in [0.1, 0.15) is 65.8 Å². The fourth-order valence-electron chi connectivity index (χ4n) is 5.40. The third-order valence-electron chi connectivity index (χ3n) is 6.99. The number of rotatable bonds is 4. The van der Waals surface area contributed by atoms with Crippen LogP contribution in [-0.2, 0) is 24.3 Å². The van der Waals surface area contributed by atoms with Crippen LogP contribution in [-0.4, -0.2) is 44.7 Å². The maximum Gasteiger partial charge on any atom is 0.254 e. The second-order valence-electron chi connectivity index (χ2n) is 8.95. The molecule has 6 heteroatoms. The smallest absolute Gasteiger partial charge is 0.254 e. The van der Waals surface area contributed by atoms with Crippen molar-refractivity contribution in [1.82, 2.24) is 19.8 Å². The van der Waals surface area contributed by atoms with Gasteiger partial charge in [-0.25, -0.2) is 4.98 Å². The molecule has 0 atom stereocenters.